The molecular weight excluding hydrogens is 214 g/mol. The summed E-state index contributed by atoms with van der Waals surface area (Å²) in [6, 6.07) is 11.5. The van der Waals surface area contributed by atoms with Gasteiger partial charge in [-0.25, -0.2) is 0 Å². The Morgan fingerprint density at radius 2 is 2.12 bits per heavy atom. The van der Waals surface area contributed by atoms with Gasteiger partial charge in [0.2, 0.25) is 0 Å². The molecule has 2 rings (SSSR count). The van der Waals surface area contributed by atoms with Crippen LogP contribution in [0.15, 0.2) is 30.3 Å². The number of thiophene rings is 1. The summed E-state index contributed by atoms with van der Waals surface area (Å²) in [6.45, 7) is 2.25. The SMILES string of the molecule is CCCCC(NC)c1cc2ccccc2s1. The van der Waals surface area contributed by atoms with E-state index in [2.05, 4.69) is 49.6 Å². The van der Waals surface area contributed by atoms with E-state index in [-0.39, 0.29) is 0 Å². The lowest BCUT2D eigenvalue weighted by Crippen LogP contribution is -2.14. The quantitative estimate of drug-likeness (QED) is 0.809. The molecule has 1 N–H and O–H groups in total. The van der Waals surface area contributed by atoms with Crippen LogP contribution in [-0.4, -0.2) is 7.05 Å². The van der Waals surface area contributed by atoms with Crippen molar-refractivity contribution in [3.05, 3.63) is 35.2 Å². The Labute approximate surface area is 101 Å². The molecule has 1 atom stereocenters. The van der Waals surface area contributed by atoms with Crippen LogP contribution in [0.5, 0.6) is 0 Å². The first-order valence-corrected chi connectivity index (χ1v) is 6.82. The smallest absolute Gasteiger partial charge is 0.0412 e. The number of rotatable bonds is 5. The second-order valence-electron chi connectivity index (χ2n) is 4.17. The van der Waals surface area contributed by atoms with Gasteiger partial charge in [-0.1, -0.05) is 38.0 Å². The zero-order chi connectivity index (χ0) is 11.4. The van der Waals surface area contributed by atoms with Crippen LogP contribution in [0, 0.1) is 0 Å². The first kappa shape index (κ1) is 11.6. The van der Waals surface area contributed by atoms with Crippen molar-refractivity contribution in [3.8, 4) is 0 Å². The maximum Gasteiger partial charge on any atom is 0.0412 e. The zero-order valence-corrected chi connectivity index (χ0v) is 10.8. The van der Waals surface area contributed by atoms with E-state index in [1.54, 1.807) is 0 Å². The van der Waals surface area contributed by atoms with Gasteiger partial charge < -0.3 is 5.32 Å². The van der Waals surface area contributed by atoms with Gasteiger partial charge in [0.05, 0.1) is 0 Å². The van der Waals surface area contributed by atoms with Crippen LogP contribution in [0.4, 0.5) is 0 Å². The molecule has 1 heterocycles. The largest absolute Gasteiger partial charge is 0.312 e. The molecule has 0 bridgehead atoms. The molecule has 0 aliphatic heterocycles. The van der Waals surface area contributed by atoms with Gasteiger partial charge in [-0.3, -0.25) is 0 Å². The summed E-state index contributed by atoms with van der Waals surface area (Å²) in [5.74, 6) is 0. The van der Waals surface area contributed by atoms with E-state index in [1.807, 2.05) is 11.3 Å². The van der Waals surface area contributed by atoms with Crippen molar-refractivity contribution in [1.82, 2.24) is 5.32 Å². The van der Waals surface area contributed by atoms with Crippen molar-refractivity contribution in [2.75, 3.05) is 7.05 Å². The van der Waals surface area contributed by atoms with E-state index in [0.717, 1.165) is 0 Å². The average Bonchev–Trinajstić information content (AvgIpc) is 2.73. The van der Waals surface area contributed by atoms with Crippen molar-refractivity contribution in [3.63, 3.8) is 0 Å². The molecule has 0 spiro atoms. The molecule has 0 aliphatic rings. The topological polar surface area (TPSA) is 12.0 Å². The molecule has 0 aliphatic carbocycles. The van der Waals surface area contributed by atoms with E-state index in [4.69, 9.17) is 0 Å². The highest BCUT2D eigenvalue weighted by Crippen LogP contribution is 2.31. The maximum absolute atomic E-state index is 3.42. The number of nitrogens with one attached hydrogen (secondary N) is 1. The zero-order valence-electron chi connectivity index (χ0n) is 9.99. The molecule has 0 amide bonds. The fraction of sp³-hybridized carbons (Fsp3) is 0.429. The van der Waals surface area contributed by atoms with Crippen LogP contribution < -0.4 is 5.32 Å². The molecule has 16 heavy (non-hydrogen) atoms. The maximum atomic E-state index is 3.42. The predicted molar refractivity (Wildman–Crippen MR) is 73.2 cm³/mol. The summed E-state index contributed by atoms with van der Waals surface area (Å²) in [4.78, 5) is 1.47. The fourth-order valence-corrected chi connectivity index (χ4v) is 3.22. The van der Waals surface area contributed by atoms with Crippen molar-refractivity contribution in [2.24, 2.45) is 0 Å². The Balaban J connectivity index is 2.23. The summed E-state index contributed by atoms with van der Waals surface area (Å²) in [5.41, 5.74) is 0. The summed E-state index contributed by atoms with van der Waals surface area (Å²) in [5, 5.41) is 4.80. The molecular formula is C14H19NS. The molecule has 86 valence electrons. The summed E-state index contributed by atoms with van der Waals surface area (Å²) in [7, 11) is 2.06. The Morgan fingerprint density at radius 1 is 1.31 bits per heavy atom. The number of fused-ring (bicyclic) bond motifs is 1. The van der Waals surface area contributed by atoms with Crippen LogP contribution >= 0.6 is 11.3 Å². The summed E-state index contributed by atoms with van der Waals surface area (Å²) in [6.07, 6.45) is 3.79. The minimum Gasteiger partial charge on any atom is -0.312 e. The number of benzene rings is 1. The number of unbranched alkanes of at least 4 members (excludes halogenated alkanes) is 1. The van der Waals surface area contributed by atoms with E-state index < -0.39 is 0 Å². The van der Waals surface area contributed by atoms with Crippen LogP contribution in [0.2, 0.25) is 0 Å². The minimum atomic E-state index is 0.525. The van der Waals surface area contributed by atoms with Crippen LogP contribution in [0.1, 0.15) is 37.1 Å². The van der Waals surface area contributed by atoms with Gasteiger partial charge in [0.15, 0.2) is 0 Å². The fourth-order valence-electron chi connectivity index (χ4n) is 2.01. The number of hydrogen-bond acceptors (Lipinski definition) is 2. The normalized spacial score (nSPS) is 13.1. The molecule has 2 heteroatoms. The Bertz CT molecular complexity index is 414. The molecule has 2 aromatic rings. The lowest BCUT2D eigenvalue weighted by molar-refractivity contribution is 0.530. The van der Waals surface area contributed by atoms with E-state index in [9.17, 15) is 0 Å². The predicted octanol–water partition coefficient (Wildman–Crippen LogP) is 4.35. The standard InChI is InChI=1S/C14H19NS/c1-3-4-8-12(15-2)14-10-11-7-5-6-9-13(11)16-14/h5-7,9-10,12,15H,3-4,8H2,1-2H3. The lowest BCUT2D eigenvalue weighted by Gasteiger charge is -2.13. The minimum absolute atomic E-state index is 0.525. The van der Waals surface area contributed by atoms with Crippen LogP contribution in [0.3, 0.4) is 0 Å². The van der Waals surface area contributed by atoms with Crippen molar-refractivity contribution in [2.45, 2.75) is 32.2 Å². The molecule has 0 saturated carbocycles. The molecule has 0 radical (unpaired) electrons. The van der Waals surface area contributed by atoms with Crippen LogP contribution in [-0.2, 0) is 0 Å². The number of hydrogen-bond donors (Lipinski definition) is 1. The highest BCUT2D eigenvalue weighted by molar-refractivity contribution is 7.19. The van der Waals surface area contributed by atoms with Crippen molar-refractivity contribution in [1.29, 1.82) is 0 Å². The molecule has 1 aromatic heterocycles. The first-order valence-electron chi connectivity index (χ1n) is 6.01. The van der Waals surface area contributed by atoms with Gasteiger partial charge in [0, 0.05) is 15.6 Å². The van der Waals surface area contributed by atoms with Crippen molar-refractivity contribution < 1.29 is 0 Å². The molecule has 1 aromatic carbocycles. The Kier molecular flexibility index (Phi) is 3.97. The van der Waals surface area contributed by atoms with Gasteiger partial charge in [-0.15, -0.1) is 11.3 Å². The molecule has 1 unspecified atom stereocenters. The third kappa shape index (κ3) is 2.45. The van der Waals surface area contributed by atoms with Crippen molar-refractivity contribution >= 4 is 21.4 Å². The highest BCUT2D eigenvalue weighted by atomic mass is 32.1. The second-order valence-corrected chi connectivity index (χ2v) is 5.29. The lowest BCUT2D eigenvalue weighted by atomic mass is 10.1. The van der Waals surface area contributed by atoms with E-state index >= 15 is 0 Å². The van der Waals surface area contributed by atoms with Gasteiger partial charge in [0.25, 0.3) is 0 Å². The van der Waals surface area contributed by atoms with Gasteiger partial charge in [-0.05, 0) is 31.0 Å². The monoisotopic (exact) mass is 233 g/mol. The molecule has 1 nitrogen and oxygen atoms in total. The summed E-state index contributed by atoms with van der Waals surface area (Å²) >= 11 is 1.92. The average molecular weight is 233 g/mol. The third-order valence-electron chi connectivity index (χ3n) is 2.98. The second kappa shape index (κ2) is 5.46. The molecule has 0 saturated heterocycles. The van der Waals surface area contributed by atoms with Gasteiger partial charge in [-0.2, -0.15) is 0 Å². The Hall–Kier alpha value is -0.860. The molecule has 0 fully saturated rings. The van der Waals surface area contributed by atoms with Gasteiger partial charge >= 0.3 is 0 Å². The first-order chi connectivity index (χ1) is 7.85. The van der Waals surface area contributed by atoms with Gasteiger partial charge in [0.1, 0.15) is 0 Å². The Morgan fingerprint density at radius 3 is 2.81 bits per heavy atom. The van der Waals surface area contributed by atoms with E-state index in [1.165, 1.54) is 34.2 Å². The van der Waals surface area contributed by atoms with Crippen LogP contribution in [0.25, 0.3) is 10.1 Å². The summed E-state index contributed by atoms with van der Waals surface area (Å²) < 4.78 is 1.40. The highest BCUT2D eigenvalue weighted by Gasteiger charge is 2.11. The van der Waals surface area contributed by atoms with E-state index in [0.29, 0.717) is 6.04 Å². The third-order valence-corrected chi connectivity index (χ3v) is 4.21.